The zero-order valence-electron chi connectivity index (χ0n) is 11.6. The molecule has 1 aliphatic rings. The van der Waals surface area contributed by atoms with Crippen LogP contribution in [0.2, 0.25) is 0 Å². The van der Waals surface area contributed by atoms with Crippen LogP contribution in [0.5, 0.6) is 0 Å². The van der Waals surface area contributed by atoms with Crippen LogP contribution >= 0.6 is 0 Å². The summed E-state index contributed by atoms with van der Waals surface area (Å²) in [7, 11) is 4.23. The molecule has 1 fully saturated rings. The minimum atomic E-state index is 0.386. The molecular weight excluding hydrogens is 224 g/mol. The molecule has 2 atom stereocenters. The van der Waals surface area contributed by atoms with Crippen LogP contribution in [0, 0.1) is 6.92 Å². The molecule has 1 saturated heterocycles. The molecule has 0 radical (unpaired) electrons. The molecule has 2 unspecified atom stereocenters. The molecule has 0 aromatic heterocycles. The van der Waals surface area contributed by atoms with E-state index in [2.05, 4.69) is 48.5 Å². The fourth-order valence-electron chi connectivity index (χ4n) is 2.63. The van der Waals surface area contributed by atoms with Gasteiger partial charge in [0.25, 0.3) is 0 Å². The molecule has 18 heavy (non-hydrogen) atoms. The van der Waals surface area contributed by atoms with E-state index in [1.165, 1.54) is 11.1 Å². The van der Waals surface area contributed by atoms with Gasteiger partial charge in [-0.25, -0.2) is 0 Å². The van der Waals surface area contributed by atoms with Gasteiger partial charge in [0.05, 0.1) is 6.61 Å². The molecule has 1 aromatic rings. The Morgan fingerprint density at radius 2 is 2.22 bits per heavy atom. The number of nitrogens with zero attached hydrogens (tertiary/aromatic N) is 1. The van der Waals surface area contributed by atoms with Gasteiger partial charge in [-0.2, -0.15) is 0 Å². The van der Waals surface area contributed by atoms with E-state index in [9.17, 15) is 0 Å². The molecule has 0 amide bonds. The van der Waals surface area contributed by atoms with Crippen LogP contribution in [-0.2, 0) is 4.74 Å². The van der Waals surface area contributed by atoms with Crippen LogP contribution in [0.15, 0.2) is 24.3 Å². The number of hydrogen-bond donors (Lipinski definition) is 1. The van der Waals surface area contributed by atoms with Crippen LogP contribution in [0.3, 0.4) is 0 Å². The van der Waals surface area contributed by atoms with E-state index in [1.807, 2.05) is 7.05 Å². The Morgan fingerprint density at radius 3 is 2.83 bits per heavy atom. The van der Waals surface area contributed by atoms with Gasteiger partial charge in [0.15, 0.2) is 0 Å². The largest absolute Gasteiger partial charge is 0.380 e. The molecule has 1 N–H and O–H groups in total. The number of ether oxygens (including phenoxy) is 1. The van der Waals surface area contributed by atoms with Crippen molar-refractivity contribution in [2.45, 2.75) is 25.4 Å². The highest BCUT2D eigenvalue weighted by Crippen LogP contribution is 2.20. The quantitative estimate of drug-likeness (QED) is 0.862. The number of rotatable bonds is 5. The Bertz CT molecular complexity index is 375. The Labute approximate surface area is 110 Å². The Morgan fingerprint density at radius 1 is 1.44 bits per heavy atom. The zero-order chi connectivity index (χ0) is 13.0. The summed E-state index contributed by atoms with van der Waals surface area (Å²) < 4.78 is 5.46. The smallest absolute Gasteiger partial charge is 0.0622 e. The van der Waals surface area contributed by atoms with Gasteiger partial charge in [0, 0.05) is 25.2 Å². The summed E-state index contributed by atoms with van der Waals surface area (Å²) in [6, 6.07) is 9.57. The first kappa shape index (κ1) is 13.5. The van der Waals surface area contributed by atoms with Gasteiger partial charge in [-0.1, -0.05) is 24.3 Å². The maximum atomic E-state index is 5.46. The second-order valence-corrected chi connectivity index (χ2v) is 5.15. The molecule has 0 spiro atoms. The van der Waals surface area contributed by atoms with Crippen LogP contribution in [0.25, 0.3) is 0 Å². The first-order valence-electron chi connectivity index (χ1n) is 6.73. The van der Waals surface area contributed by atoms with Gasteiger partial charge in [-0.3, -0.25) is 4.90 Å². The van der Waals surface area contributed by atoms with E-state index >= 15 is 0 Å². The lowest BCUT2D eigenvalue weighted by Crippen LogP contribution is -2.38. The van der Waals surface area contributed by atoms with Crippen molar-refractivity contribution in [3.05, 3.63) is 35.4 Å². The van der Waals surface area contributed by atoms with Crippen LogP contribution in [-0.4, -0.2) is 44.8 Å². The van der Waals surface area contributed by atoms with Gasteiger partial charge >= 0.3 is 0 Å². The second kappa shape index (κ2) is 6.32. The number of hydrogen-bond acceptors (Lipinski definition) is 3. The summed E-state index contributed by atoms with van der Waals surface area (Å²) in [5, 5.41) is 3.43. The third-order valence-electron chi connectivity index (χ3n) is 3.91. The predicted octanol–water partition coefficient (Wildman–Crippen LogP) is 1.98. The number of benzene rings is 1. The Balaban J connectivity index is 2.02. The summed E-state index contributed by atoms with van der Waals surface area (Å²) in [4.78, 5) is 2.42. The normalized spacial score (nSPS) is 21.4. The lowest BCUT2D eigenvalue weighted by atomic mass is 10.0. The highest BCUT2D eigenvalue weighted by Gasteiger charge is 2.23. The number of nitrogens with one attached hydrogen (secondary N) is 1. The zero-order valence-corrected chi connectivity index (χ0v) is 11.6. The van der Waals surface area contributed by atoms with Crippen molar-refractivity contribution in [1.29, 1.82) is 0 Å². The van der Waals surface area contributed by atoms with E-state index in [-0.39, 0.29) is 0 Å². The van der Waals surface area contributed by atoms with Crippen molar-refractivity contribution in [1.82, 2.24) is 10.2 Å². The molecule has 0 bridgehead atoms. The summed E-state index contributed by atoms with van der Waals surface area (Å²) in [6.45, 7) is 4.98. The molecule has 1 aliphatic heterocycles. The lowest BCUT2D eigenvalue weighted by molar-refractivity contribution is 0.153. The standard InChI is InChI=1S/C15H24N2O/c1-12-6-4-5-7-14(12)15(16-2)10-17(3)13-8-9-18-11-13/h4-7,13,15-16H,8-11H2,1-3H3. The van der Waals surface area contributed by atoms with Crippen molar-refractivity contribution < 1.29 is 4.74 Å². The lowest BCUT2D eigenvalue weighted by Gasteiger charge is -2.28. The highest BCUT2D eigenvalue weighted by molar-refractivity contribution is 5.29. The van der Waals surface area contributed by atoms with Crippen molar-refractivity contribution >= 4 is 0 Å². The minimum Gasteiger partial charge on any atom is -0.380 e. The van der Waals surface area contributed by atoms with Crippen LogP contribution in [0.4, 0.5) is 0 Å². The van der Waals surface area contributed by atoms with Gasteiger partial charge < -0.3 is 10.1 Å². The molecule has 3 heteroatoms. The van der Waals surface area contributed by atoms with Crippen LogP contribution < -0.4 is 5.32 Å². The third kappa shape index (κ3) is 3.10. The SMILES string of the molecule is CNC(CN(C)C1CCOC1)c1ccccc1C. The van der Waals surface area contributed by atoms with Gasteiger partial charge in [-0.15, -0.1) is 0 Å². The Kier molecular flexibility index (Phi) is 4.75. The Hall–Kier alpha value is -0.900. The fourth-order valence-corrected chi connectivity index (χ4v) is 2.63. The molecule has 1 aromatic carbocycles. The van der Waals surface area contributed by atoms with Crippen molar-refractivity contribution in [3.63, 3.8) is 0 Å². The van der Waals surface area contributed by atoms with Crippen molar-refractivity contribution in [2.24, 2.45) is 0 Å². The maximum Gasteiger partial charge on any atom is 0.0622 e. The summed E-state index contributed by atoms with van der Waals surface area (Å²) in [6.07, 6.45) is 1.15. The monoisotopic (exact) mass is 248 g/mol. The van der Waals surface area contributed by atoms with Gasteiger partial charge in [0.2, 0.25) is 0 Å². The van der Waals surface area contributed by atoms with E-state index < -0.39 is 0 Å². The van der Waals surface area contributed by atoms with Gasteiger partial charge in [-0.05, 0) is 38.6 Å². The number of likely N-dealkylation sites (N-methyl/N-ethyl adjacent to an activating group) is 2. The molecule has 1 heterocycles. The molecule has 100 valence electrons. The topological polar surface area (TPSA) is 24.5 Å². The first-order valence-corrected chi connectivity index (χ1v) is 6.73. The van der Waals surface area contributed by atoms with Crippen molar-refractivity contribution in [2.75, 3.05) is 33.9 Å². The fraction of sp³-hybridized carbons (Fsp3) is 0.600. The average molecular weight is 248 g/mol. The maximum absolute atomic E-state index is 5.46. The predicted molar refractivity (Wildman–Crippen MR) is 74.8 cm³/mol. The highest BCUT2D eigenvalue weighted by atomic mass is 16.5. The van der Waals surface area contributed by atoms with E-state index in [0.717, 1.165) is 26.2 Å². The third-order valence-corrected chi connectivity index (χ3v) is 3.91. The van der Waals surface area contributed by atoms with Crippen molar-refractivity contribution in [3.8, 4) is 0 Å². The molecule has 0 saturated carbocycles. The minimum absolute atomic E-state index is 0.386. The summed E-state index contributed by atoms with van der Waals surface area (Å²) in [5.41, 5.74) is 2.75. The summed E-state index contributed by atoms with van der Waals surface area (Å²) >= 11 is 0. The van der Waals surface area contributed by atoms with E-state index in [0.29, 0.717) is 12.1 Å². The molecular formula is C15H24N2O. The molecule has 3 nitrogen and oxygen atoms in total. The van der Waals surface area contributed by atoms with Gasteiger partial charge in [0.1, 0.15) is 0 Å². The molecule has 2 rings (SSSR count). The summed E-state index contributed by atoms with van der Waals surface area (Å²) in [5.74, 6) is 0. The van der Waals surface area contributed by atoms with E-state index in [4.69, 9.17) is 4.74 Å². The van der Waals surface area contributed by atoms with E-state index in [1.54, 1.807) is 0 Å². The number of aryl methyl sites for hydroxylation is 1. The first-order chi connectivity index (χ1) is 8.72. The van der Waals surface area contributed by atoms with Crippen LogP contribution in [0.1, 0.15) is 23.6 Å². The average Bonchev–Trinajstić information content (AvgIpc) is 2.90. The second-order valence-electron chi connectivity index (χ2n) is 5.15. The molecule has 0 aliphatic carbocycles.